The second-order valence-corrected chi connectivity index (χ2v) is 4.42. The number of anilines is 2. The van der Waals surface area contributed by atoms with Gasteiger partial charge in [0, 0.05) is 18.9 Å². The van der Waals surface area contributed by atoms with Gasteiger partial charge in [0.2, 0.25) is 0 Å². The first-order valence-corrected chi connectivity index (χ1v) is 6.09. The van der Waals surface area contributed by atoms with Crippen LogP contribution in [0.3, 0.4) is 0 Å². The molecule has 2 aromatic heterocycles. The fourth-order valence-electron chi connectivity index (χ4n) is 1.73. The van der Waals surface area contributed by atoms with Crippen molar-refractivity contribution in [3.05, 3.63) is 47.3 Å². The highest BCUT2D eigenvalue weighted by atomic mass is 19.4. The van der Waals surface area contributed by atoms with Gasteiger partial charge in [-0.3, -0.25) is 4.98 Å². The number of hydrogen-bond donors (Lipinski definition) is 3. The minimum Gasteiger partial charge on any atom is -0.366 e. The van der Waals surface area contributed by atoms with Crippen LogP contribution >= 0.6 is 0 Å². The van der Waals surface area contributed by atoms with Gasteiger partial charge in [-0.05, 0) is 36.2 Å². The molecular weight excluding hydrogens is 283 g/mol. The summed E-state index contributed by atoms with van der Waals surface area (Å²) in [7, 11) is 0. The molecule has 0 aromatic carbocycles. The van der Waals surface area contributed by atoms with Gasteiger partial charge in [-0.25, -0.2) is 10.8 Å². The van der Waals surface area contributed by atoms with Crippen LogP contribution in [0.1, 0.15) is 16.7 Å². The molecule has 0 aliphatic carbocycles. The smallest absolute Gasteiger partial charge is 0.366 e. The van der Waals surface area contributed by atoms with Crippen LogP contribution in [0.4, 0.5) is 24.8 Å². The molecule has 8 heteroatoms. The molecule has 0 atom stereocenters. The molecule has 21 heavy (non-hydrogen) atoms. The van der Waals surface area contributed by atoms with Gasteiger partial charge in [-0.2, -0.15) is 13.2 Å². The van der Waals surface area contributed by atoms with E-state index in [1.165, 1.54) is 0 Å². The summed E-state index contributed by atoms with van der Waals surface area (Å²) in [6.45, 7) is 2.21. The fourth-order valence-corrected chi connectivity index (χ4v) is 1.73. The van der Waals surface area contributed by atoms with E-state index < -0.39 is 11.7 Å². The number of aromatic nitrogens is 2. The number of nitrogens with one attached hydrogen (secondary N) is 2. The summed E-state index contributed by atoms with van der Waals surface area (Å²) >= 11 is 0. The van der Waals surface area contributed by atoms with Crippen LogP contribution in [-0.2, 0) is 12.7 Å². The largest absolute Gasteiger partial charge is 0.416 e. The molecule has 0 saturated heterocycles. The van der Waals surface area contributed by atoms with Crippen LogP contribution in [-0.4, -0.2) is 9.97 Å². The third-order valence-corrected chi connectivity index (χ3v) is 2.91. The summed E-state index contributed by atoms with van der Waals surface area (Å²) in [4.78, 5) is 7.92. The van der Waals surface area contributed by atoms with Crippen LogP contribution in [0, 0.1) is 6.92 Å². The Morgan fingerprint density at radius 2 is 1.95 bits per heavy atom. The Morgan fingerprint density at radius 3 is 2.57 bits per heavy atom. The Hall–Kier alpha value is -2.35. The van der Waals surface area contributed by atoms with Gasteiger partial charge in [-0.15, -0.1) is 0 Å². The van der Waals surface area contributed by atoms with Crippen LogP contribution < -0.4 is 16.6 Å². The Kier molecular flexibility index (Phi) is 4.27. The average molecular weight is 297 g/mol. The molecule has 4 N–H and O–H groups in total. The zero-order valence-corrected chi connectivity index (χ0v) is 11.2. The third-order valence-electron chi connectivity index (χ3n) is 2.91. The molecule has 0 fully saturated rings. The molecule has 0 saturated carbocycles. The van der Waals surface area contributed by atoms with Crippen molar-refractivity contribution in [3.8, 4) is 0 Å². The predicted molar refractivity (Wildman–Crippen MR) is 73.3 cm³/mol. The molecule has 0 bridgehead atoms. The molecule has 2 aromatic rings. The van der Waals surface area contributed by atoms with E-state index in [-0.39, 0.29) is 11.6 Å². The summed E-state index contributed by atoms with van der Waals surface area (Å²) in [5.41, 5.74) is 3.16. The van der Waals surface area contributed by atoms with E-state index in [1.54, 1.807) is 12.4 Å². The van der Waals surface area contributed by atoms with E-state index in [2.05, 4.69) is 20.7 Å². The van der Waals surface area contributed by atoms with Crippen molar-refractivity contribution >= 4 is 11.6 Å². The number of hydrogen-bond acceptors (Lipinski definition) is 5. The lowest BCUT2D eigenvalue weighted by molar-refractivity contribution is -0.137. The van der Waals surface area contributed by atoms with Crippen molar-refractivity contribution in [3.63, 3.8) is 0 Å². The molecule has 0 aliphatic heterocycles. The first kappa shape index (κ1) is 15.0. The second-order valence-electron chi connectivity index (χ2n) is 4.42. The Morgan fingerprint density at radius 1 is 1.24 bits per heavy atom. The minimum absolute atomic E-state index is 0.0600. The number of nitrogen functional groups attached to an aromatic ring is 1. The number of hydrazine groups is 1. The maximum atomic E-state index is 12.8. The first-order valence-electron chi connectivity index (χ1n) is 6.09. The number of aryl methyl sites for hydroxylation is 1. The lowest BCUT2D eigenvalue weighted by atomic mass is 10.1. The van der Waals surface area contributed by atoms with Crippen molar-refractivity contribution in [1.29, 1.82) is 0 Å². The zero-order chi connectivity index (χ0) is 15.5. The van der Waals surface area contributed by atoms with Gasteiger partial charge in [0.25, 0.3) is 0 Å². The molecule has 2 rings (SSSR count). The highest BCUT2D eigenvalue weighted by Gasteiger charge is 2.31. The summed E-state index contributed by atoms with van der Waals surface area (Å²) in [6.07, 6.45) is -1.16. The molecule has 0 unspecified atom stereocenters. The summed E-state index contributed by atoms with van der Waals surface area (Å²) in [5, 5.41) is 2.84. The maximum absolute atomic E-state index is 12.8. The number of nitrogens with two attached hydrogens (primary N) is 1. The summed E-state index contributed by atoms with van der Waals surface area (Å²) in [6, 6.07) is 3.61. The van der Waals surface area contributed by atoms with Gasteiger partial charge in [-0.1, -0.05) is 0 Å². The predicted octanol–water partition coefficient (Wildman–Crippen LogP) is 2.70. The van der Waals surface area contributed by atoms with E-state index in [9.17, 15) is 13.2 Å². The van der Waals surface area contributed by atoms with Crippen LogP contribution in [0.2, 0.25) is 0 Å². The quantitative estimate of drug-likeness (QED) is 0.597. The molecule has 0 radical (unpaired) electrons. The Balaban J connectivity index is 2.22. The lowest BCUT2D eigenvalue weighted by Crippen LogP contribution is -2.14. The average Bonchev–Trinajstić information content (AvgIpc) is 2.45. The number of alkyl halides is 3. The van der Waals surface area contributed by atoms with Crippen molar-refractivity contribution < 1.29 is 13.2 Å². The Labute approximate surface area is 119 Å². The molecular formula is C13H14F3N5. The third kappa shape index (κ3) is 3.82. The fraction of sp³-hybridized carbons (Fsp3) is 0.231. The maximum Gasteiger partial charge on any atom is 0.416 e. The van der Waals surface area contributed by atoms with E-state index in [1.807, 2.05) is 13.0 Å². The van der Waals surface area contributed by atoms with Gasteiger partial charge >= 0.3 is 6.18 Å². The van der Waals surface area contributed by atoms with Crippen molar-refractivity contribution in [2.24, 2.45) is 5.84 Å². The van der Waals surface area contributed by atoms with Gasteiger partial charge < -0.3 is 10.7 Å². The highest BCUT2D eigenvalue weighted by molar-refractivity contribution is 5.49. The molecule has 2 heterocycles. The number of nitrogens with zero attached hydrogens (tertiary/aromatic N) is 2. The minimum atomic E-state index is -4.46. The standard InChI is InChI=1S/C13H14F3N5/c1-8-2-3-18-6-9(8)7-19-11-4-10(13(14,15)16)5-12(20-11)21-17/h2-6H,7,17H2,1H3,(H2,19,20,21). The van der Waals surface area contributed by atoms with E-state index in [0.717, 1.165) is 23.3 Å². The van der Waals surface area contributed by atoms with Gasteiger partial charge in [0.15, 0.2) is 0 Å². The van der Waals surface area contributed by atoms with Crippen molar-refractivity contribution in [2.45, 2.75) is 19.6 Å². The SMILES string of the molecule is Cc1ccncc1CNc1cc(C(F)(F)F)cc(NN)n1. The van der Waals surface area contributed by atoms with Crippen LogP contribution in [0.5, 0.6) is 0 Å². The molecule has 0 spiro atoms. The first-order chi connectivity index (χ1) is 9.90. The van der Waals surface area contributed by atoms with Crippen LogP contribution in [0.25, 0.3) is 0 Å². The van der Waals surface area contributed by atoms with E-state index in [4.69, 9.17) is 5.84 Å². The van der Waals surface area contributed by atoms with E-state index >= 15 is 0 Å². The van der Waals surface area contributed by atoms with E-state index in [0.29, 0.717) is 6.54 Å². The molecule has 112 valence electrons. The van der Waals surface area contributed by atoms with Gasteiger partial charge in [0.05, 0.1) is 5.56 Å². The molecule has 0 aliphatic rings. The molecule has 0 amide bonds. The summed E-state index contributed by atoms with van der Waals surface area (Å²) < 4.78 is 38.3. The van der Waals surface area contributed by atoms with Crippen LogP contribution in [0.15, 0.2) is 30.6 Å². The highest BCUT2D eigenvalue weighted by Crippen LogP contribution is 2.32. The summed E-state index contributed by atoms with van der Waals surface area (Å²) in [5.74, 6) is 5.17. The normalized spacial score (nSPS) is 11.3. The molecule has 5 nitrogen and oxygen atoms in total. The monoisotopic (exact) mass is 297 g/mol. The Bertz CT molecular complexity index is 627. The number of rotatable bonds is 4. The number of halogens is 3. The van der Waals surface area contributed by atoms with Crippen molar-refractivity contribution in [2.75, 3.05) is 10.7 Å². The topological polar surface area (TPSA) is 75.9 Å². The lowest BCUT2D eigenvalue weighted by Gasteiger charge is -2.13. The van der Waals surface area contributed by atoms with Gasteiger partial charge in [0.1, 0.15) is 11.6 Å². The number of pyridine rings is 2. The zero-order valence-electron chi connectivity index (χ0n) is 11.2. The van der Waals surface area contributed by atoms with Crippen molar-refractivity contribution in [1.82, 2.24) is 9.97 Å². The second kappa shape index (κ2) is 5.96.